The third kappa shape index (κ3) is 7.92. The van der Waals surface area contributed by atoms with Crippen LogP contribution in [0.3, 0.4) is 0 Å². The standard InChI is InChI=1S/C66H34F3N7/c67-66(68,69)54-15-5-14-53(30-54)65-63(75-59-20-16-49(45-10-1-6-40(24-45)35-70)31-55(59)56-32-50(17-21-60(56)75)46-11-2-7-41(25-46)36-71)28-44(39-74)29-64(65)76-61-22-18-51(47-12-3-8-42(26-47)37-72)33-57(61)58-34-52(19-23-62(58)76)48-13-4-9-43(27-48)38-73/h1-34H. The maximum absolute atomic E-state index is 15.0. The van der Waals surface area contributed by atoms with Crippen LogP contribution in [0.4, 0.5) is 13.2 Å². The van der Waals surface area contributed by atoms with Gasteiger partial charge in [-0.05, 0) is 171 Å². The largest absolute Gasteiger partial charge is 0.416 e. The molecule has 0 aliphatic rings. The van der Waals surface area contributed by atoms with E-state index in [0.29, 0.717) is 61.3 Å². The van der Waals surface area contributed by atoms with Gasteiger partial charge in [0.1, 0.15) is 0 Å². The second-order valence-corrected chi connectivity index (χ2v) is 18.4. The number of rotatable bonds is 7. The van der Waals surface area contributed by atoms with Gasteiger partial charge in [-0.3, -0.25) is 0 Å². The fourth-order valence-corrected chi connectivity index (χ4v) is 10.5. The van der Waals surface area contributed by atoms with Crippen LogP contribution >= 0.6 is 0 Å². The number of aromatic nitrogens is 2. The molecule has 0 fully saturated rings. The van der Waals surface area contributed by atoms with E-state index in [1.807, 2.05) is 155 Å². The van der Waals surface area contributed by atoms with Crippen LogP contribution in [0.5, 0.6) is 0 Å². The van der Waals surface area contributed by atoms with Crippen molar-refractivity contribution in [1.82, 2.24) is 9.13 Å². The van der Waals surface area contributed by atoms with Gasteiger partial charge in [-0.2, -0.15) is 39.5 Å². The highest BCUT2D eigenvalue weighted by Crippen LogP contribution is 2.46. The topological polar surface area (TPSA) is 129 Å². The predicted octanol–water partition coefficient (Wildman–Crippen LogP) is 16.6. The summed E-state index contributed by atoms with van der Waals surface area (Å²) >= 11 is 0. The molecule has 0 radical (unpaired) electrons. The van der Waals surface area contributed by atoms with E-state index in [2.05, 4.69) is 30.3 Å². The van der Waals surface area contributed by atoms with Gasteiger partial charge in [-0.1, -0.05) is 84.9 Å². The Kier molecular flexibility index (Phi) is 11.1. The van der Waals surface area contributed by atoms with Crippen molar-refractivity contribution in [2.45, 2.75) is 6.18 Å². The summed E-state index contributed by atoms with van der Waals surface area (Å²) in [6.45, 7) is 0. The first-order valence-corrected chi connectivity index (χ1v) is 24.0. The van der Waals surface area contributed by atoms with Crippen molar-refractivity contribution in [2.24, 2.45) is 0 Å². The van der Waals surface area contributed by atoms with Gasteiger partial charge >= 0.3 is 6.18 Å². The number of fused-ring (bicyclic) bond motifs is 6. The normalized spacial score (nSPS) is 11.3. The molecule has 2 aromatic heterocycles. The molecule has 10 aromatic carbocycles. The Labute approximate surface area is 433 Å². The minimum Gasteiger partial charge on any atom is -0.308 e. The minimum absolute atomic E-state index is 0.246. The average molecular weight is 982 g/mol. The summed E-state index contributed by atoms with van der Waals surface area (Å²) in [7, 11) is 0. The number of hydrogen-bond acceptors (Lipinski definition) is 5. The van der Waals surface area contributed by atoms with Crippen molar-refractivity contribution in [1.29, 1.82) is 26.3 Å². The van der Waals surface area contributed by atoms with Gasteiger partial charge in [0.2, 0.25) is 0 Å². The number of nitriles is 5. The molecule has 0 atom stereocenters. The number of alkyl halides is 3. The molecule has 2 heterocycles. The molecule has 12 rings (SSSR count). The molecule has 0 aliphatic heterocycles. The highest BCUT2D eigenvalue weighted by atomic mass is 19.4. The highest BCUT2D eigenvalue weighted by molar-refractivity contribution is 6.14. The number of hydrogen-bond donors (Lipinski definition) is 0. The molecule has 354 valence electrons. The second kappa shape index (κ2) is 18.3. The smallest absolute Gasteiger partial charge is 0.308 e. The molecule has 0 amide bonds. The molecule has 0 aliphatic carbocycles. The molecular weight excluding hydrogens is 948 g/mol. The maximum Gasteiger partial charge on any atom is 0.416 e. The first-order valence-electron chi connectivity index (χ1n) is 24.0. The molecule has 10 heteroatoms. The van der Waals surface area contributed by atoms with Crippen LogP contribution in [-0.2, 0) is 6.18 Å². The zero-order chi connectivity index (χ0) is 52.2. The fraction of sp³-hybridized carbons (Fsp3) is 0.0152. The SMILES string of the molecule is N#Cc1cccc(-c2ccc3c(c2)c2cc(-c4cccc(C#N)c4)ccc2n3-c2cc(C#N)cc(-n3c4ccc(-c5cccc(C#N)c5)cc4c4cc(-c5cccc(C#N)c5)ccc43)c2-c2cccc(C(F)(F)F)c2)c1. The minimum atomic E-state index is -4.69. The molecule has 0 unspecified atom stereocenters. The molecule has 0 saturated carbocycles. The molecule has 12 aromatic rings. The van der Waals surface area contributed by atoms with E-state index < -0.39 is 11.7 Å². The summed E-state index contributed by atoms with van der Waals surface area (Å²) in [6.07, 6.45) is -4.69. The lowest BCUT2D eigenvalue weighted by atomic mass is 9.96. The zero-order valence-electron chi connectivity index (χ0n) is 39.9. The van der Waals surface area contributed by atoms with E-state index in [1.54, 1.807) is 42.5 Å². The van der Waals surface area contributed by atoms with E-state index in [4.69, 9.17) is 0 Å². The summed E-state index contributed by atoms with van der Waals surface area (Å²) in [5, 5.41) is 53.6. The van der Waals surface area contributed by atoms with Crippen LogP contribution in [0.2, 0.25) is 0 Å². The Bertz CT molecular complexity index is 4170. The van der Waals surface area contributed by atoms with Crippen LogP contribution in [0, 0.1) is 56.7 Å². The zero-order valence-corrected chi connectivity index (χ0v) is 39.9. The van der Waals surface area contributed by atoms with Gasteiger partial charge in [0.05, 0.1) is 97.2 Å². The van der Waals surface area contributed by atoms with Crippen LogP contribution in [0.1, 0.15) is 33.4 Å². The van der Waals surface area contributed by atoms with Crippen molar-refractivity contribution in [3.63, 3.8) is 0 Å². The molecule has 0 bridgehead atoms. The monoisotopic (exact) mass is 981 g/mol. The van der Waals surface area contributed by atoms with E-state index in [-0.39, 0.29) is 11.1 Å². The fourth-order valence-electron chi connectivity index (χ4n) is 10.5. The number of benzene rings is 10. The van der Waals surface area contributed by atoms with Crippen molar-refractivity contribution in [3.05, 3.63) is 240 Å². The lowest BCUT2D eigenvalue weighted by molar-refractivity contribution is -0.137. The molecular formula is C66H34F3N7. The summed E-state index contributed by atoms with van der Waals surface area (Å²) < 4.78 is 48.9. The van der Waals surface area contributed by atoms with Gasteiger partial charge in [0.15, 0.2) is 0 Å². The summed E-state index contributed by atoms with van der Waals surface area (Å²) in [4.78, 5) is 0. The molecule has 7 nitrogen and oxygen atoms in total. The lowest BCUT2D eigenvalue weighted by Crippen LogP contribution is -2.07. The first kappa shape index (κ1) is 46.1. The van der Waals surface area contributed by atoms with Crippen LogP contribution < -0.4 is 0 Å². The molecule has 76 heavy (non-hydrogen) atoms. The maximum atomic E-state index is 15.0. The van der Waals surface area contributed by atoms with Crippen LogP contribution in [0.25, 0.3) is 111 Å². The van der Waals surface area contributed by atoms with Gasteiger partial charge in [-0.15, -0.1) is 0 Å². The summed E-state index contributed by atoms with van der Waals surface area (Å²) in [5.74, 6) is 0. The third-order valence-electron chi connectivity index (χ3n) is 14.0. The van der Waals surface area contributed by atoms with Crippen molar-refractivity contribution in [2.75, 3.05) is 0 Å². The van der Waals surface area contributed by atoms with E-state index in [1.165, 1.54) is 6.07 Å². The van der Waals surface area contributed by atoms with Crippen molar-refractivity contribution < 1.29 is 13.2 Å². The Balaban J connectivity index is 1.21. The number of nitrogens with zero attached hydrogens (tertiary/aromatic N) is 7. The lowest BCUT2D eigenvalue weighted by Gasteiger charge is -2.21. The van der Waals surface area contributed by atoms with Crippen molar-refractivity contribution in [3.8, 4) is 97.4 Å². The molecule has 0 N–H and O–H groups in total. The van der Waals surface area contributed by atoms with E-state index in [0.717, 1.165) is 78.2 Å². The quantitative estimate of drug-likeness (QED) is 0.157. The highest BCUT2D eigenvalue weighted by Gasteiger charge is 2.32. The van der Waals surface area contributed by atoms with E-state index in [9.17, 15) is 39.5 Å². The average Bonchev–Trinajstić information content (AvgIpc) is 4.15. The predicted molar refractivity (Wildman–Crippen MR) is 291 cm³/mol. The Morgan fingerprint density at radius 3 is 0.882 bits per heavy atom. The summed E-state index contributed by atoms with van der Waals surface area (Å²) in [6, 6.07) is 73.1. The third-order valence-corrected chi connectivity index (χ3v) is 14.0. The molecule has 0 spiro atoms. The van der Waals surface area contributed by atoms with Gasteiger partial charge < -0.3 is 9.13 Å². The van der Waals surface area contributed by atoms with Crippen LogP contribution in [-0.4, -0.2) is 9.13 Å². The van der Waals surface area contributed by atoms with Crippen molar-refractivity contribution >= 4 is 43.6 Å². The number of halogens is 3. The van der Waals surface area contributed by atoms with E-state index >= 15 is 0 Å². The second-order valence-electron chi connectivity index (χ2n) is 18.4. The summed E-state index contributed by atoms with van der Waals surface area (Å²) in [5.41, 5.74) is 12.2. The van der Waals surface area contributed by atoms with Gasteiger partial charge in [0, 0.05) is 27.1 Å². The Hall–Kier alpha value is -11.0. The Morgan fingerprint density at radius 1 is 0.289 bits per heavy atom. The first-order chi connectivity index (χ1) is 37.0. The van der Waals surface area contributed by atoms with Gasteiger partial charge in [-0.25, -0.2) is 0 Å². The molecule has 0 saturated heterocycles. The van der Waals surface area contributed by atoms with Gasteiger partial charge in [0.25, 0.3) is 0 Å². The van der Waals surface area contributed by atoms with Crippen LogP contribution in [0.15, 0.2) is 206 Å². The Morgan fingerprint density at radius 2 is 0.579 bits per heavy atom.